The summed E-state index contributed by atoms with van der Waals surface area (Å²) in [4.78, 5) is 3.58. The molecule has 2 aromatic rings. The molecule has 1 heterocycles. The third-order valence-corrected chi connectivity index (χ3v) is 4.14. The first-order valence-electron chi connectivity index (χ1n) is 6.61. The number of fused-ring (bicyclic) bond motifs is 3. The molecular formula is C15H20N2O. The van der Waals surface area contributed by atoms with E-state index >= 15 is 0 Å². The number of hydrogen-bond donors (Lipinski definition) is 2. The summed E-state index contributed by atoms with van der Waals surface area (Å²) in [6.07, 6.45) is 3.42. The van der Waals surface area contributed by atoms with Crippen LogP contribution < -0.4 is 10.5 Å². The van der Waals surface area contributed by atoms with Crippen molar-refractivity contribution >= 4 is 10.9 Å². The van der Waals surface area contributed by atoms with Gasteiger partial charge in [0, 0.05) is 16.6 Å². The van der Waals surface area contributed by atoms with E-state index in [-0.39, 0.29) is 0 Å². The fourth-order valence-corrected chi connectivity index (χ4v) is 3.05. The zero-order valence-electron chi connectivity index (χ0n) is 11.0. The number of aromatic amines is 1. The van der Waals surface area contributed by atoms with Crippen LogP contribution in [0.4, 0.5) is 0 Å². The van der Waals surface area contributed by atoms with Crippen molar-refractivity contribution in [2.24, 2.45) is 11.7 Å². The highest BCUT2D eigenvalue weighted by Crippen LogP contribution is 2.34. The molecule has 3 N–H and O–H groups in total. The zero-order chi connectivity index (χ0) is 12.7. The van der Waals surface area contributed by atoms with E-state index in [1.165, 1.54) is 34.1 Å². The molecule has 3 rings (SSSR count). The van der Waals surface area contributed by atoms with Crippen LogP contribution in [0.1, 0.15) is 23.2 Å². The number of methoxy groups -OCH3 is 1. The van der Waals surface area contributed by atoms with Crippen LogP contribution in [0.15, 0.2) is 12.1 Å². The van der Waals surface area contributed by atoms with Crippen LogP contribution in [0.2, 0.25) is 0 Å². The van der Waals surface area contributed by atoms with Crippen LogP contribution in [0.5, 0.6) is 5.75 Å². The maximum Gasteiger partial charge on any atom is 0.119 e. The lowest BCUT2D eigenvalue weighted by molar-refractivity contribution is 0.415. The molecule has 1 atom stereocenters. The Bertz CT molecular complexity index is 586. The van der Waals surface area contributed by atoms with Gasteiger partial charge in [0.15, 0.2) is 0 Å². The molecule has 1 aromatic carbocycles. The highest BCUT2D eigenvalue weighted by molar-refractivity contribution is 5.89. The van der Waals surface area contributed by atoms with Gasteiger partial charge >= 0.3 is 0 Å². The normalized spacial score (nSPS) is 18.9. The van der Waals surface area contributed by atoms with Crippen LogP contribution in [0, 0.1) is 12.8 Å². The standard InChI is InChI=1S/C15H20N2O/c1-9-5-11(18-2)7-13-12-6-10(8-16)3-4-14(12)17-15(9)13/h5,7,10,17H,3-4,6,8,16H2,1-2H3. The molecule has 0 saturated carbocycles. The second kappa shape index (κ2) is 4.32. The van der Waals surface area contributed by atoms with E-state index in [0.29, 0.717) is 5.92 Å². The number of ether oxygens (including phenoxy) is 1. The number of rotatable bonds is 2. The van der Waals surface area contributed by atoms with Crippen molar-refractivity contribution in [1.82, 2.24) is 4.98 Å². The van der Waals surface area contributed by atoms with E-state index in [0.717, 1.165) is 25.1 Å². The second-order valence-electron chi connectivity index (χ2n) is 5.29. The lowest BCUT2D eigenvalue weighted by Crippen LogP contribution is -2.21. The van der Waals surface area contributed by atoms with Gasteiger partial charge in [0.2, 0.25) is 0 Å². The van der Waals surface area contributed by atoms with E-state index in [2.05, 4.69) is 24.0 Å². The van der Waals surface area contributed by atoms with Gasteiger partial charge in [-0.25, -0.2) is 0 Å². The number of aromatic nitrogens is 1. The monoisotopic (exact) mass is 244 g/mol. The summed E-state index contributed by atoms with van der Waals surface area (Å²) >= 11 is 0. The summed E-state index contributed by atoms with van der Waals surface area (Å²) in [6, 6.07) is 4.24. The Morgan fingerprint density at radius 2 is 2.28 bits per heavy atom. The number of aryl methyl sites for hydroxylation is 2. The molecule has 3 nitrogen and oxygen atoms in total. The van der Waals surface area contributed by atoms with Crippen LogP contribution in [-0.4, -0.2) is 18.6 Å². The molecular weight excluding hydrogens is 224 g/mol. The molecule has 3 heteroatoms. The van der Waals surface area contributed by atoms with E-state index in [4.69, 9.17) is 10.5 Å². The van der Waals surface area contributed by atoms with Gasteiger partial charge in [0.1, 0.15) is 5.75 Å². The lowest BCUT2D eigenvalue weighted by Gasteiger charge is -2.20. The summed E-state index contributed by atoms with van der Waals surface area (Å²) in [6.45, 7) is 2.92. The Labute approximate surface area is 107 Å². The highest BCUT2D eigenvalue weighted by atomic mass is 16.5. The average molecular weight is 244 g/mol. The van der Waals surface area contributed by atoms with Gasteiger partial charge in [-0.2, -0.15) is 0 Å². The third kappa shape index (κ3) is 1.70. The molecule has 1 aromatic heterocycles. The Morgan fingerprint density at radius 3 is 3.00 bits per heavy atom. The number of benzene rings is 1. The predicted octanol–water partition coefficient (Wildman–Crippen LogP) is 2.55. The number of hydrogen-bond acceptors (Lipinski definition) is 2. The van der Waals surface area contributed by atoms with Crippen molar-refractivity contribution in [3.8, 4) is 5.75 Å². The van der Waals surface area contributed by atoms with E-state index in [1.54, 1.807) is 7.11 Å². The van der Waals surface area contributed by atoms with Gasteiger partial charge in [0.05, 0.1) is 7.11 Å². The maximum absolute atomic E-state index is 5.82. The number of nitrogens with one attached hydrogen (secondary N) is 1. The van der Waals surface area contributed by atoms with Crippen molar-refractivity contribution in [2.45, 2.75) is 26.2 Å². The van der Waals surface area contributed by atoms with Crippen LogP contribution in [0.3, 0.4) is 0 Å². The maximum atomic E-state index is 5.82. The van der Waals surface area contributed by atoms with E-state index in [1.807, 2.05) is 0 Å². The van der Waals surface area contributed by atoms with E-state index in [9.17, 15) is 0 Å². The largest absolute Gasteiger partial charge is 0.497 e. The van der Waals surface area contributed by atoms with Crippen molar-refractivity contribution in [3.05, 3.63) is 29.0 Å². The second-order valence-corrected chi connectivity index (χ2v) is 5.29. The molecule has 18 heavy (non-hydrogen) atoms. The molecule has 0 bridgehead atoms. The summed E-state index contributed by atoms with van der Waals surface area (Å²) in [5.74, 6) is 1.57. The minimum Gasteiger partial charge on any atom is -0.497 e. The smallest absolute Gasteiger partial charge is 0.119 e. The Kier molecular flexibility index (Phi) is 2.78. The SMILES string of the molecule is COc1cc(C)c2[nH]c3c(c2c1)CC(CN)CC3. The Morgan fingerprint density at radius 1 is 1.44 bits per heavy atom. The fourth-order valence-electron chi connectivity index (χ4n) is 3.05. The first kappa shape index (κ1) is 11.6. The molecule has 0 radical (unpaired) electrons. The van der Waals surface area contributed by atoms with Crippen molar-refractivity contribution in [2.75, 3.05) is 13.7 Å². The third-order valence-electron chi connectivity index (χ3n) is 4.14. The molecule has 0 fully saturated rings. The topological polar surface area (TPSA) is 51.0 Å². The van der Waals surface area contributed by atoms with Crippen molar-refractivity contribution in [3.63, 3.8) is 0 Å². The van der Waals surface area contributed by atoms with Crippen LogP contribution in [-0.2, 0) is 12.8 Å². The number of nitrogens with two attached hydrogens (primary N) is 1. The minimum atomic E-state index is 0.628. The summed E-state index contributed by atoms with van der Waals surface area (Å²) in [7, 11) is 1.72. The Hall–Kier alpha value is -1.48. The molecule has 0 saturated heterocycles. The fraction of sp³-hybridized carbons (Fsp3) is 0.467. The lowest BCUT2D eigenvalue weighted by atomic mass is 9.86. The average Bonchev–Trinajstić information content (AvgIpc) is 2.77. The highest BCUT2D eigenvalue weighted by Gasteiger charge is 2.22. The zero-order valence-corrected chi connectivity index (χ0v) is 11.0. The molecule has 1 aliphatic carbocycles. The Balaban J connectivity index is 2.18. The van der Waals surface area contributed by atoms with Crippen molar-refractivity contribution < 1.29 is 4.74 Å². The van der Waals surface area contributed by atoms with Gasteiger partial charge in [-0.05, 0) is 61.9 Å². The van der Waals surface area contributed by atoms with Gasteiger partial charge in [-0.3, -0.25) is 0 Å². The van der Waals surface area contributed by atoms with Gasteiger partial charge in [-0.1, -0.05) is 0 Å². The van der Waals surface area contributed by atoms with Gasteiger partial charge in [-0.15, -0.1) is 0 Å². The minimum absolute atomic E-state index is 0.628. The van der Waals surface area contributed by atoms with E-state index < -0.39 is 0 Å². The first-order valence-corrected chi connectivity index (χ1v) is 6.61. The molecule has 1 aliphatic rings. The number of H-pyrrole nitrogens is 1. The van der Waals surface area contributed by atoms with Crippen LogP contribution in [0.25, 0.3) is 10.9 Å². The van der Waals surface area contributed by atoms with Gasteiger partial charge < -0.3 is 15.5 Å². The molecule has 0 spiro atoms. The molecule has 96 valence electrons. The van der Waals surface area contributed by atoms with Crippen molar-refractivity contribution in [1.29, 1.82) is 0 Å². The molecule has 0 amide bonds. The quantitative estimate of drug-likeness (QED) is 0.853. The van der Waals surface area contributed by atoms with Crippen LogP contribution >= 0.6 is 0 Å². The molecule has 0 aliphatic heterocycles. The first-order chi connectivity index (χ1) is 8.72. The predicted molar refractivity (Wildman–Crippen MR) is 74.2 cm³/mol. The van der Waals surface area contributed by atoms with Gasteiger partial charge in [0.25, 0.3) is 0 Å². The summed E-state index contributed by atoms with van der Waals surface area (Å²) in [5, 5.41) is 1.32. The summed E-state index contributed by atoms with van der Waals surface area (Å²) in [5.41, 5.74) is 11.2. The molecule has 1 unspecified atom stereocenters. The summed E-state index contributed by atoms with van der Waals surface area (Å²) < 4.78 is 5.38.